The lowest BCUT2D eigenvalue weighted by molar-refractivity contribution is 1.68. The minimum absolute atomic E-state index is 1.25. The summed E-state index contributed by atoms with van der Waals surface area (Å²) in [7, 11) is 0. The van der Waals surface area contributed by atoms with Gasteiger partial charge in [0.25, 0.3) is 0 Å². The maximum absolute atomic E-state index is 2.42. The predicted octanol–water partition coefficient (Wildman–Crippen LogP) is 13.2. The quantitative estimate of drug-likeness (QED) is 0.140. The second-order valence-corrected chi connectivity index (χ2v) is 13.5. The van der Waals surface area contributed by atoms with Gasteiger partial charge in [-0.1, -0.05) is 127 Å². The maximum Gasteiger partial charge on any atom is 0.0362 e. The molecular weight excluding hydrogens is 561 g/mol. The summed E-state index contributed by atoms with van der Waals surface area (Å²) in [5, 5.41) is 18.7. The van der Waals surface area contributed by atoms with Gasteiger partial charge >= 0.3 is 0 Å². The third kappa shape index (κ3) is 3.11. The Morgan fingerprint density at radius 1 is 0.289 bits per heavy atom. The van der Waals surface area contributed by atoms with Crippen molar-refractivity contribution >= 4 is 96.1 Å². The Kier molecular flexibility index (Phi) is 4.55. The van der Waals surface area contributed by atoms with Gasteiger partial charge in [0.05, 0.1) is 0 Å². The Hall–Kier alpha value is -5.50. The van der Waals surface area contributed by atoms with Crippen LogP contribution in [-0.4, -0.2) is 0 Å². The topological polar surface area (TPSA) is 0 Å². The molecule has 10 aromatic carbocycles. The summed E-state index contributed by atoms with van der Waals surface area (Å²) in [5.74, 6) is 0. The zero-order valence-corrected chi connectivity index (χ0v) is 25.1. The average molecular weight is 585 g/mol. The molecule has 0 amide bonds. The molecule has 0 aliphatic carbocycles. The Morgan fingerprint density at radius 2 is 0.844 bits per heavy atom. The van der Waals surface area contributed by atoms with Crippen molar-refractivity contribution in [3.8, 4) is 22.3 Å². The molecule has 0 aliphatic heterocycles. The van der Waals surface area contributed by atoms with Crippen molar-refractivity contribution in [3.05, 3.63) is 146 Å². The maximum atomic E-state index is 2.42. The van der Waals surface area contributed by atoms with Crippen molar-refractivity contribution in [2.24, 2.45) is 0 Å². The van der Waals surface area contributed by atoms with E-state index in [1.165, 1.54) is 107 Å². The van der Waals surface area contributed by atoms with Crippen LogP contribution in [0, 0.1) is 0 Å². The molecule has 0 fully saturated rings. The number of hydrogen-bond acceptors (Lipinski definition) is 1. The molecule has 0 atom stereocenters. The van der Waals surface area contributed by atoms with E-state index in [0.29, 0.717) is 0 Å². The Balaban J connectivity index is 1.19. The number of hydrogen-bond donors (Lipinski definition) is 0. The van der Waals surface area contributed by atoms with Gasteiger partial charge in [-0.15, -0.1) is 11.3 Å². The van der Waals surface area contributed by atoms with Crippen molar-refractivity contribution in [3.63, 3.8) is 0 Å². The van der Waals surface area contributed by atoms with E-state index in [9.17, 15) is 0 Å². The zero-order chi connectivity index (χ0) is 29.2. The lowest BCUT2D eigenvalue weighted by Crippen LogP contribution is -1.90. The summed E-state index contributed by atoms with van der Waals surface area (Å²) in [6.45, 7) is 0. The smallest absolute Gasteiger partial charge is 0.0362 e. The van der Waals surface area contributed by atoms with Crippen molar-refractivity contribution < 1.29 is 0 Å². The van der Waals surface area contributed by atoms with Crippen molar-refractivity contribution in [2.45, 2.75) is 0 Å². The third-order valence-corrected chi connectivity index (χ3v) is 11.3. The van der Waals surface area contributed by atoms with Gasteiger partial charge in [0.2, 0.25) is 0 Å². The van der Waals surface area contributed by atoms with Crippen LogP contribution < -0.4 is 0 Å². The summed E-state index contributed by atoms with van der Waals surface area (Å²) in [6, 6.07) is 54.7. The molecule has 0 bridgehead atoms. The van der Waals surface area contributed by atoms with Crippen LogP contribution in [0.15, 0.2) is 146 Å². The fourth-order valence-electron chi connectivity index (χ4n) is 8.25. The lowest BCUT2D eigenvalue weighted by Gasteiger charge is -2.17. The molecule has 0 aliphatic rings. The highest BCUT2D eigenvalue weighted by molar-refractivity contribution is 7.26. The van der Waals surface area contributed by atoms with Crippen LogP contribution in [0.5, 0.6) is 0 Å². The minimum atomic E-state index is 1.25. The molecule has 206 valence electrons. The standard InChI is InChI=1S/C44H24S/c1-6-25-16-17-28(24-38(25)30(10-1)31-22-23-40-44-36(31)19-18-27-9-4-15-39(45-40)42(27)44)29-20-21-37-34-12-3-8-26-7-2-11-33(41(26)34)35-14-5-13-32(29)43(35)37/h1-24H. The predicted molar refractivity (Wildman–Crippen MR) is 198 cm³/mol. The van der Waals surface area contributed by atoms with E-state index in [4.69, 9.17) is 0 Å². The number of thiophene rings is 1. The normalized spacial score (nSPS) is 12.4. The SMILES string of the molecule is c1cc(-c2ccc3sc4cccc5ccc2c3c54)c2cc(-c3ccc4c5cccc6cccc(c7cccc3c74)c65)ccc2c1. The van der Waals surface area contributed by atoms with Gasteiger partial charge in [-0.25, -0.2) is 0 Å². The summed E-state index contributed by atoms with van der Waals surface area (Å²) >= 11 is 1.90. The molecule has 11 rings (SSSR count). The first-order valence-electron chi connectivity index (χ1n) is 15.6. The number of rotatable bonds is 2. The van der Waals surface area contributed by atoms with Crippen LogP contribution in [-0.2, 0) is 0 Å². The fourth-order valence-corrected chi connectivity index (χ4v) is 9.41. The summed E-state index contributed by atoms with van der Waals surface area (Å²) in [4.78, 5) is 0. The molecule has 1 heteroatoms. The van der Waals surface area contributed by atoms with Gasteiger partial charge in [0.15, 0.2) is 0 Å². The van der Waals surface area contributed by atoms with E-state index in [0.717, 1.165) is 0 Å². The second-order valence-electron chi connectivity index (χ2n) is 12.4. The van der Waals surface area contributed by atoms with Crippen LogP contribution in [0.3, 0.4) is 0 Å². The molecule has 1 heterocycles. The second kappa shape index (κ2) is 8.57. The van der Waals surface area contributed by atoms with Crippen LogP contribution >= 0.6 is 11.3 Å². The number of fused-ring (bicyclic) bond motifs is 3. The van der Waals surface area contributed by atoms with Gasteiger partial charge in [0, 0.05) is 20.2 Å². The highest BCUT2D eigenvalue weighted by atomic mass is 32.1. The molecular formula is C44H24S. The van der Waals surface area contributed by atoms with Gasteiger partial charge in [-0.3, -0.25) is 0 Å². The summed E-state index contributed by atoms with van der Waals surface area (Å²) in [5.41, 5.74) is 5.13. The Morgan fingerprint density at radius 3 is 1.71 bits per heavy atom. The summed E-state index contributed by atoms with van der Waals surface area (Å²) in [6.07, 6.45) is 0. The molecule has 45 heavy (non-hydrogen) atoms. The Bertz CT molecular complexity index is 2930. The van der Waals surface area contributed by atoms with E-state index < -0.39 is 0 Å². The van der Waals surface area contributed by atoms with Crippen molar-refractivity contribution in [1.29, 1.82) is 0 Å². The first-order chi connectivity index (χ1) is 22.3. The molecule has 0 saturated heterocycles. The highest BCUT2D eigenvalue weighted by Crippen LogP contribution is 2.46. The molecule has 0 unspecified atom stereocenters. The molecule has 0 spiro atoms. The highest BCUT2D eigenvalue weighted by Gasteiger charge is 2.18. The molecule has 0 nitrogen and oxygen atoms in total. The molecule has 11 aromatic rings. The largest absolute Gasteiger partial charge is 0.135 e. The third-order valence-electron chi connectivity index (χ3n) is 10.2. The van der Waals surface area contributed by atoms with Crippen LogP contribution in [0.4, 0.5) is 0 Å². The van der Waals surface area contributed by atoms with Crippen molar-refractivity contribution in [1.82, 2.24) is 0 Å². The van der Waals surface area contributed by atoms with Crippen LogP contribution in [0.25, 0.3) is 107 Å². The molecule has 0 radical (unpaired) electrons. The summed E-state index contributed by atoms with van der Waals surface area (Å²) < 4.78 is 2.73. The zero-order valence-electron chi connectivity index (χ0n) is 24.3. The van der Waals surface area contributed by atoms with Gasteiger partial charge < -0.3 is 0 Å². The first kappa shape index (κ1) is 23.9. The fraction of sp³-hybridized carbons (Fsp3) is 0. The van der Waals surface area contributed by atoms with E-state index in [-0.39, 0.29) is 0 Å². The van der Waals surface area contributed by atoms with Crippen LogP contribution in [0.2, 0.25) is 0 Å². The van der Waals surface area contributed by atoms with E-state index in [1.54, 1.807) is 0 Å². The van der Waals surface area contributed by atoms with Gasteiger partial charge in [0.1, 0.15) is 0 Å². The molecule has 1 aromatic heterocycles. The lowest BCUT2D eigenvalue weighted by atomic mass is 9.86. The minimum Gasteiger partial charge on any atom is -0.135 e. The van der Waals surface area contributed by atoms with Crippen LogP contribution in [0.1, 0.15) is 0 Å². The first-order valence-corrected chi connectivity index (χ1v) is 16.4. The molecule has 0 N–H and O–H groups in total. The number of benzene rings is 10. The van der Waals surface area contributed by atoms with Gasteiger partial charge in [-0.05, 0) is 105 Å². The molecule has 0 saturated carbocycles. The van der Waals surface area contributed by atoms with E-state index >= 15 is 0 Å². The van der Waals surface area contributed by atoms with E-state index in [2.05, 4.69) is 146 Å². The van der Waals surface area contributed by atoms with E-state index in [1.807, 2.05) is 11.3 Å². The van der Waals surface area contributed by atoms with Gasteiger partial charge in [-0.2, -0.15) is 0 Å². The van der Waals surface area contributed by atoms with Crippen molar-refractivity contribution in [2.75, 3.05) is 0 Å². The monoisotopic (exact) mass is 584 g/mol. The Labute approximate surface area is 263 Å². The average Bonchev–Trinajstić information content (AvgIpc) is 3.49.